The molecule has 9 heteroatoms. The van der Waals surface area contributed by atoms with Gasteiger partial charge in [-0.3, -0.25) is 4.57 Å². The Bertz CT molecular complexity index is 466. The molecule has 0 amide bonds. The largest absolute Gasteiger partial charge is 0.390 e. The molecule has 0 bridgehead atoms. The van der Waals surface area contributed by atoms with Crippen LogP contribution in [0.2, 0.25) is 0 Å². The van der Waals surface area contributed by atoms with E-state index in [0.717, 1.165) is 26.4 Å². The van der Waals surface area contributed by atoms with Crippen LogP contribution in [0.4, 0.5) is 0 Å². The molecule has 6 nitrogen and oxygen atoms in total. The van der Waals surface area contributed by atoms with E-state index < -0.39 is 19.8 Å². The van der Waals surface area contributed by atoms with Crippen LogP contribution < -0.4 is 0 Å². The van der Waals surface area contributed by atoms with Gasteiger partial charge in [0.25, 0.3) is 0 Å². The molecule has 2 fully saturated rings. The lowest BCUT2D eigenvalue weighted by molar-refractivity contribution is -0.0239. The fraction of sp³-hybridized carbons (Fsp3) is 1.00. The van der Waals surface area contributed by atoms with E-state index in [1.165, 1.54) is 6.66 Å². The zero-order valence-corrected chi connectivity index (χ0v) is 17.1. The quantitative estimate of drug-likeness (QED) is 0.484. The predicted octanol–water partition coefficient (Wildman–Crippen LogP) is 1.29. The first-order chi connectivity index (χ1) is 11.7. The number of hydrogen-bond donors (Lipinski definition) is 1. The molecule has 0 aromatic rings. The molecule has 0 aromatic carbocycles. The second kappa shape index (κ2) is 9.38. The molecule has 2 aliphatic heterocycles. The van der Waals surface area contributed by atoms with Gasteiger partial charge in [0, 0.05) is 19.1 Å². The Kier molecular flexibility index (Phi) is 8.06. The summed E-state index contributed by atoms with van der Waals surface area (Å²) in [4.78, 5) is 0. The summed E-state index contributed by atoms with van der Waals surface area (Å²) in [5, 5.41) is 10.0. The average Bonchev–Trinajstić information content (AvgIpc) is 3.08. The Labute approximate surface area is 153 Å². The molecule has 0 spiro atoms. The van der Waals surface area contributed by atoms with Gasteiger partial charge in [-0.2, -0.15) is 0 Å². The number of hydrogen-bond acceptors (Lipinski definition) is 6. The van der Waals surface area contributed by atoms with Crippen molar-refractivity contribution in [3.63, 3.8) is 0 Å². The zero-order chi connectivity index (χ0) is 18.6. The van der Waals surface area contributed by atoms with E-state index in [2.05, 4.69) is 21.6 Å². The minimum absolute atomic E-state index is 0.0420. The summed E-state index contributed by atoms with van der Waals surface area (Å²) in [6.07, 6.45) is 1.87. The SMILES string of the molecule is BB[C@H]1C[C@H](OP(C)(=O)OC[C@H]2O[C@@H](CC)C[C@@H]2O)[C@@H](CC(C)C)O1. The highest BCUT2D eigenvalue weighted by Gasteiger charge is 2.40. The van der Waals surface area contributed by atoms with Gasteiger partial charge < -0.3 is 23.6 Å². The third kappa shape index (κ3) is 6.37. The minimum atomic E-state index is -3.24. The molecule has 0 aromatic heterocycles. The molecular weight excluding hydrogens is 341 g/mol. The van der Waals surface area contributed by atoms with Crippen LogP contribution in [-0.2, 0) is 23.1 Å². The van der Waals surface area contributed by atoms with Gasteiger partial charge in [-0.25, -0.2) is 0 Å². The van der Waals surface area contributed by atoms with Crippen molar-refractivity contribution in [1.82, 2.24) is 0 Å². The van der Waals surface area contributed by atoms with E-state index in [-0.39, 0.29) is 30.9 Å². The third-order valence-electron chi connectivity index (χ3n) is 4.99. The molecule has 1 N–H and O–H groups in total. The van der Waals surface area contributed by atoms with Crippen LogP contribution in [0.3, 0.4) is 0 Å². The van der Waals surface area contributed by atoms with Crippen molar-refractivity contribution < 1.29 is 28.2 Å². The number of rotatable bonds is 9. The summed E-state index contributed by atoms with van der Waals surface area (Å²) in [6.45, 7) is 7.89. The summed E-state index contributed by atoms with van der Waals surface area (Å²) < 4.78 is 35.9. The van der Waals surface area contributed by atoms with Crippen molar-refractivity contribution in [3.8, 4) is 0 Å². The molecular formula is C16H33B2O6P. The maximum absolute atomic E-state index is 12.8. The highest BCUT2D eigenvalue weighted by molar-refractivity contribution is 7.53. The van der Waals surface area contributed by atoms with Gasteiger partial charge >= 0.3 is 7.60 Å². The second-order valence-electron chi connectivity index (χ2n) is 7.79. The van der Waals surface area contributed by atoms with Crippen molar-refractivity contribution >= 4 is 22.5 Å². The molecule has 2 aliphatic rings. The Morgan fingerprint density at radius 1 is 1.32 bits per heavy atom. The van der Waals surface area contributed by atoms with E-state index in [0.29, 0.717) is 12.3 Å². The first kappa shape index (κ1) is 21.5. The van der Waals surface area contributed by atoms with Crippen LogP contribution in [0.15, 0.2) is 0 Å². The monoisotopic (exact) mass is 374 g/mol. The highest BCUT2D eigenvalue weighted by atomic mass is 31.2. The van der Waals surface area contributed by atoms with Crippen LogP contribution in [0.1, 0.15) is 46.5 Å². The van der Waals surface area contributed by atoms with E-state index in [1.807, 2.05) is 6.92 Å². The van der Waals surface area contributed by atoms with Crippen LogP contribution in [0.5, 0.6) is 0 Å². The second-order valence-corrected chi connectivity index (χ2v) is 9.80. The van der Waals surface area contributed by atoms with Gasteiger partial charge in [0.15, 0.2) is 0 Å². The topological polar surface area (TPSA) is 74.2 Å². The first-order valence-electron chi connectivity index (χ1n) is 9.63. The van der Waals surface area contributed by atoms with E-state index in [4.69, 9.17) is 18.5 Å². The molecule has 2 heterocycles. The number of ether oxygens (including phenoxy) is 2. The van der Waals surface area contributed by atoms with Gasteiger partial charge in [0.2, 0.25) is 0 Å². The van der Waals surface area contributed by atoms with Gasteiger partial charge in [-0.1, -0.05) is 20.8 Å². The standard InChI is InChI=1S/C16H33B2O6P/c1-5-11-7-12(19)15(22-11)9-21-25(4,20)24-14-8-16(18-17)23-13(14)6-10(2)3/h10-16,18-19H,5-9,17H2,1-4H3/t11-,12-,13+,14-,15+,16+,25?/m0/s1. The highest BCUT2D eigenvalue weighted by Crippen LogP contribution is 2.48. The number of aliphatic hydroxyl groups excluding tert-OH is 1. The lowest BCUT2D eigenvalue weighted by Gasteiger charge is -2.25. The summed E-state index contributed by atoms with van der Waals surface area (Å²) in [5.74, 6) is 0.483. The van der Waals surface area contributed by atoms with Crippen molar-refractivity contribution in [2.75, 3.05) is 13.3 Å². The Morgan fingerprint density at radius 2 is 2.04 bits per heavy atom. The molecule has 0 saturated carbocycles. The van der Waals surface area contributed by atoms with Crippen LogP contribution >= 0.6 is 7.60 Å². The molecule has 2 rings (SSSR count). The summed E-state index contributed by atoms with van der Waals surface area (Å²) in [7, 11) is -0.230. The minimum Gasteiger partial charge on any atom is -0.390 e. The maximum atomic E-state index is 12.8. The van der Waals surface area contributed by atoms with E-state index in [1.54, 1.807) is 0 Å². The van der Waals surface area contributed by atoms with Crippen molar-refractivity contribution in [1.29, 1.82) is 0 Å². The maximum Gasteiger partial charge on any atom is 0.328 e. The summed E-state index contributed by atoms with van der Waals surface area (Å²) >= 11 is 0. The van der Waals surface area contributed by atoms with Gasteiger partial charge in [0.1, 0.15) is 13.3 Å². The lowest BCUT2D eigenvalue weighted by Crippen LogP contribution is -2.28. The first-order valence-corrected chi connectivity index (χ1v) is 11.6. The van der Waals surface area contributed by atoms with Gasteiger partial charge in [-0.05, 0) is 25.2 Å². The van der Waals surface area contributed by atoms with Crippen LogP contribution in [0.25, 0.3) is 0 Å². The van der Waals surface area contributed by atoms with Crippen molar-refractivity contribution in [2.24, 2.45) is 5.92 Å². The molecule has 0 aliphatic carbocycles. The number of aliphatic hydroxyl groups is 1. The molecule has 144 valence electrons. The third-order valence-corrected chi connectivity index (χ3v) is 6.26. The van der Waals surface area contributed by atoms with E-state index in [9.17, 15) is 9.67 Å². The smallest absolute Gasteiger partial charge is 0.328 e. The zero-order valence-electron chi connectivity index (χ0n) is 16.2. The van der Waals surface area contributed by atoms with Crippen molar-refractivity contribution in [3.05, 3.63) is 0 Å². The predicted molar refractivity (Wildman–Crippen MR) is 102 cm³/mol. The van der Waals surface area contributed by atoms with Crippen molar-refractivity contribution in [2.45, 2.75) is 83.0 Å². The molecule has 7 atom stereocenters. The Hall–Kier alpha value is 0.160. The Morgan fingerprint density at radius 3 is 2.60 bits per heavy atom. The Balaban J connectivity index is 1.87. The average molecular weight is 374 g/mol. The summed E-state index contributed by atoms with van der Waals surface area (Å²) in [5.41, 5.74) is 0. The normalized spacial score (nSPS) is 38.2. The molecule has 2 saturated heterocycles. The van der Waals surface area contributed by atoms with Crippen LogP contribution in [-0.4, -0.2) is 69.8 Å². The summed E-state index contributed by atoms with van der Waals surface area (Å²) in [6, 6.07) is 0.152. The van der Waals surface area contributed by atoms with Gasteiger partial charge in [0.05, 0.1) is 38.8 Å². The molecule has 25 heavy (non-hydrogen) atoms. The fourth-order valence-electron chi connectivity index (χ4n) is 3.56. The fourth-order valence-corrected chi connectivity index (χ4v) is 4.75. The molecule has 0 radical (unpaired) electrons. The lowest BCUT2D eigenvalue weighted by atomic mass is 9.51. The van der Waals surface area contributed by atoms with Crippen LogP contribution in [0, 0.1) is 5.92 Å². The molecule has 1 unspecified atom stereocenters. The van der Waals surface area contributed by atoms with E-state index >= 15 is 0 Å². The van der Waals surface area contributed by atoms with Gasteiger partial charge in [-0.15, -0.1) is 0 Å².